The first-order valence-electron chi connectivity index (χ1n) is 7.85. The van der Waals surface area contributed by atoms with Crippen molar-refractivity contribution in [3.05, 3.63) is 35.4 Å². The van der Waals surface area contributed by atoms with E-state index < -0.39 is 6.10 Å². The summed E-state index contributed by atoms with van der Waals surface area (Å²) in [4.78, 5) is 10.7. The lowest BCUT2D eigenvalue weighted by atomic mass is 10.0. The third-order valence-electron chi connectivity index (χ3n) is 3.40. The molecule has 1 rings (SSSR count). The number of aliphatic hydroxyl groups excluding tert-OH is 1. The van der Waals surface area contributed by atoms with Gasteiger partial charge in [0.15, 0.2) is 0 Å². The lowest BCUT2D eigenvalue weighted by Gasteiger charge is -2.12. The van der Waals surface area contributed by atoms with Crippen LogP contribution < -0.4 is 10.6 Å². The van der Waals surface area contributed by atoms with Crippen molar-refractivity contribution >= 4 is 5.91 Å². The van der Waals surface area contributed by atoms with Crippen molar-refractivity contribution in [1.29, 1.82) is 0 Å². The Bertz CT molecular complexity index is 404. The molecule has 0 fully saturated rings. The Morgan fingerprint density at radius 1 is 1.19 bits per heavy atom. The molecule has 1 amide bonds. The molecule has 0 saturated heterocycles. The van der Waals surface area contributed by atoms with Crippen molar-refractivity contribution in [3.8, 4) is 0 Å². The molecule has 1 aromatic rings. The van der Waals surface area contributed by atoms with E-state index >= 15 is 0 Å². The molecule has 3 N–H and O–H groups in total. The molecule has 0 heterocycles. The van der Waals surface area contributed by atoms with Gasteiger partial charge in [0.1, 0.15) is 0 Å². The quantitative estimate of drug-likeness (QED) is 0.579. The summed E-state index contributed by atoms with van der Waals surface area (Å²) in [5.41, 5.74) is 2.31. The lowest BCUT2D eigenvalue weighted by Crippen LogP contribution is -2.26. The Hall–Kier alpha value is -1.39. The standard InChI is InChI=1S/C17H28N2O2/c1-3-5-15-6-8-16(9-7-15)17(21)10-13-18-11-4-12-19-14(2)20/h6-9,17-18,21H,3-5,10-13H2,1-2H3,(H,19,20). The molecule has 0 spiro atoms. The van der Waals surface area contributed by atoms with Crippen LogP contribution in [0.1, 0.15) is 50.3 Å². The molecule has 0 aliphatic rings. The summed E-state index contributed by atoms with van der Waals surface area (Å²) in [6.07, 6.45) is 3.43. The van der Waals surface area contributed by atoms with Gasteiger partial charge in [0.25, 0.3) is 0 Å². The molecule has 1 unspecified atom stereocenters. The normalized spacial score (nSPS) is 12.1. The van der Waals surface area contributed by atoms with E-state index in [0.717, 1.165) is 37.9 Å². The van der Waals surface area contributed by atoms with Gasteiger partial charge in [0, 0.05) is 13.5 Å². The van der Waals surface area contributed by atoms with Crippen LogP contribution in [-0.4, -0.2) is 30.6 Å². The highest BCUT2D eigenvalue weighted by molar-refractivity contribution is 5.72. The molecule has 0 aliphatic carbocycles. The van der Waals surface area contributed by atoms with Gasteiger partial charge < -0.3 is 15.7 Å². The Kier molecular flexibility index (Phi) is 8.71. The summed E-state index contributed by atoms with van der Waals surface area (Å²) in [6.45, 7) is 6.01. The van der Waals surface area contributed by atoms with E-state index in [1.54, 1.807) is 0 Å². The van der Waals surface area contributed by atoms with Gasteiger partial charge in [-0.25, -0.2) is 0 Å². The number of carbonyl (C=O) groups is 1. The number of nitrogens with one attached hydrogen (secondary N) is 2. The van der Waals surface area contributed by atoms with Gasteiger partial charge >= 0.3 is 0 Å². The molecule has 21 heavy (non-hydrogen) atoms. The highest BCUT2D eigenvalue weighted by Gasteiger charge is 2.06. The Morgan fingerprint density at radius 3 is 2.52 bits per heavy atom. The van der Waals surface area contributed by atoms with E-state index in [1.165, 1.54) is 12.5 Å². The lowest BCUT2D eigenvalue weighted by molar-refractivity contribution is -0.118. The van der Waals surface area contributed by atoms with Crippen molar-refractivity contribution in [2.45, 2.75) is 45.6 Å². The fraction of sp³-hybridized carbons (Fsp3) is 0.588. The predicted octanol–water partition coefficient (Wildman–Crippen LogP) is 2.18. The molecule has 0 aliphatic heterocycles. The number of benzene rings is 1. The Labute approximate surface area is 128 Å². The van der Waals surface area contributed by atoms with Gasteiger partial charge in [-0.05, 0) is 43.5 Å². The van der Waals surface area contributed by atoms with E-state index in [-0.39, 0.29) is 5.91 Å². The van der Waals surface area contributed by atoms with E-state index in [2.05, 4.69) is 29.7 Å². The molecule has 4 heteroatoms. The molecule has 0 bridgehead atoms. The average Bonchev–Trinajstić information content (AvgIpc) is 2.47. The van der Waals surface area contributed by atoms with Crippen molar-refractivity contribution in [3.63, 3.8) is 0 Å². The number of amides is 1. The van der Waals surface area contributed by atoms with Crippen LogP contribution >= 0.6 is 0 Å². The number of hydrogen-bond acceptors (Lipinski definition) is 3. The average molecular weight is 292 g/mol. The molecular weight excluding hydrogens is 264 g/mol. The maximum Gasteiger partial charge on any atom is 0.216 e. The zero-order chi connectivity index (χ0) is 15.5. The maximum absolute atomic E-state index is 10.7. The first-order valence-corrected chi connectivity index (χ1v) is 7.85. The van der Waals surface area contributed by atoms with Crippen molar-refractivity contribution in [2.75, 3.05) is 19.6 Å². The highest BCUT2D eigenvalue weighted by Crippen LogP contribution is 2.17. The molecule has 1 aromatic carbocycles. The molecule has 118 valence electrons. The van der Waals surface area contributed by atoms with Crippen LogP contribution in [0.3, 0.4) is 0 Å². The van der Waals surface area contributed by atoms with Crippen LogP contribution in [0, 0.1) is 0 Å². The first kappa shape index (κ1) is 17.7. The van der Waals surface area contributed by atoms with Gasteiger partial charge in [-0.3, -0.25) is 4.79 Å². The zero-order valence-corrected chi connectivity index (χ0v) is 13.2. The van der Waals surface area contributed by atoms with E-state index in [4.69, 9.17) is 0 Å². The number of aryl methyl sites for hydroxylation is 1. The molecule has 0 aromatic heterocycles. The summed E-state index contributed by atoms with van der Waals surface area (Å²) < 4.78 is 0. The summed E-state index contributed by atoms with van der Waals surface area (Å²) in [5.74, 6) is 0.0111. The van der Waals surface area contributed by atoms with Crippen LogP contribution in [-0.2, 0) is 11.2 Å². The fourth-order valence-electron chi connectivity index (χ4n) is 2.20. The summed E-state index contributed by atoms with van der Waals surface area (Å²) >= 11 is 0. The van der Waals surface area contributed by atoms with Crippen LogP contribution in [0.5, 0.6) is 0 Å². The minimum Gasteiger partial charge on any atom is -0.388 e. The number of hydrogen-bond donors (Lipinski definition) is 3. The largest absolute Gasteiger partial charge is 0.388 e. The SMILES string of the molecule is CCCc1ccc(C(O)CCNCCCNC(C)=O)cc1. The van der Waals surface area contributed by atoms with Gasteiger partial charge in [-0.1, -0.05) is 37.6 Å². The maximum atomic E-state index is 10.7. The van der Waals surface area contributed by atoms with E-state index in [0.29, 0.717) is 13.0 Å². The monoisotopic (exact) mass is 292 g/mol. The minimum atomic E-state index is -0.413. The topological polar surface area (TPSA) is 61.4 Å². The van der Waals surface area contributed by atoms with Gasteiger partial charge in [-0.2, -0.15) is 0 Å². The molecule has 4 nitrogen and oxygen atoms in total. The second kappa shape index (κ2) is 10.4. The van der Waals surface area contributed by atoms with Crippen LogP contribution in [0.15, 0.2) is 24.3 Å². The van der Waals surface area contributed by atoms with Gasteiger partial charge in [-0.15, -0.1) is 0 Å². The summed E-state index contributed by atoms with van der Waals surface area (Å²) in [5, 5.41) is 16.2. The second-order valence-electron chi connectivity index (χ2n) is 5.38. The molecule has 0 radical (unpaired) electrons. The number of rotatable bonds is 10. The third kappa shape index (κ3) is 7.83. The van der Waals surface area contributed by atoms with Crippen LogP contribution in [0.4, 0.5) is 0 Å². The smallest absolute Gasteiger partial charge is 0.216 e. The second-order valence-corrected chi connectivity index (χ2v) is 5.38. The molecule has 1 atom stereocenters. The summed E-state index contributed by atoms with van der Waals surface area (Å²) in [7, 11) is 0. The third-order valence-corrected chi connectivity index (χ3v) is 3.40. The van der Waals surface area contributed by atoms with Crippen molar-refractivity contribution in [2.24, 2.45) is 0 Å². The summed E-state index contributed by atoms with van der Waals surface area (Å²) in [6, 6.07) is 8.24. The first-order chi connectivity index (χ1) is 10.1. The van der Waals surface area contributed by atoms with E-state index in [9.17, 15) is 9.90 Å². The highest BCUT2D eigenvalue weighted by atomic mass is 16.3. The van der Waals surface area contributed by atoms with Crippen molar-refractivity contribution in [1.82, 2.24) is 10.6 Å². The fourth-order valence-corrected chi connectivity index (χ4v) is 2.20. The molecule has 0 saturated carbocycles. The van der Waals surface area contributed by atoms with Gasteiger partial charge in [0.05, 0.1) is 6.10 Å². The zero-order valence-electron chi connectivity index (χ0n) is 13.2. The molecular formula is C17H28N2O2. The van der Waals surface area contributed by atoms with E-state index in [1.807, 2.05) is 12.1 Å². The van der Waals surface area contributed by atoms with Crippen molar-refractivity contribution < 1.29 is 9.90 Å². The van der Waals surface area contributed by atoms with Gasteiger partial charge in [0.2, 0.25) is 5.91 Å². The predicted molar refractivity (Wildman–Crippen MR) is 86.2 cm³/mol. The Morgan fingerprint density at radius 2 is 1.90 bits per heavy atom. The van der Waals surface area contributed by atoms with Crippen LogP contribution in [0.2, 0.25) is 0 Å². The minimum absolute atomic E-state index is 0.0111. The Balaban J connectivity index is 2.15. The number of aliphatic hydroxyl groups is 1. The van der Waals surface area contributed by atoms with Crippen LogP contribution in [0.25, 0.3) is 0 Å². The number of carbonyl (C=O) groups excluding carboxylic acids is 1.